The van der Waals surface area contributed by atoms with Crippen LogP contribution in [0.2, 0.25) is 0 Å². The first-order chi connectivity index (χ1) is 8.86. The molecule has 0 atom stereocenters. The Balaban J connectivity index is 3.21. The average molecular weight is 276 g/mol. The normalized spacial score (nSPS) is 10.5. The van der Waals surface area contributed by atoms with E-state index in [2.05, 4.69) is 9.72 Å². The van der Waals surface area contributed by atoms with Crippen LogP contribution in [0.4, 0.5) is 14.5 Å². The highest BCUT2D eigenvalue weighted by molar-refractivity contribution is 5.73. The highest BCUT2D eigenvalue weighted by atomic mass is 19.3. The molecule has 0 aliphatic heterocycles. The number of esters is 1. The van der Waals surface area contributed by atoms with Crippen LogP contribution in [0, 0.1) is 10.1 Å². The molecule has 1 heterocycles. The number of nitrogens with zero attached hydrogens (tertiary/aromatic N) is 2. The van der Waals surface area contributed by atoms with Crippen molar-refractivity contribution >= 4 is 11.7 Å². The average Bonchev–Trinajstić information content (AvgIpc) is 2.31. The van der Waals surface area contributed by atoms with Gasteiger partial charge in [-0.05, 0) is 6.92 Å². The van der Waals surface area contributed by atoms with Gasteiger partial charge in [0, 0.05) is 6.07 Å². The second-order valence-electron chi connectivity index (χ2n) is 3.40. The number of ether oxygens (including phenoxy) is 1. The molecule has 0 fully saturated rings. The fourth-order valence-corrected chi connectivity index (χ4v) is 1.32. The van der Waals surface area contributed by atoms with Crippen LogP contribution < -0.4 is 0 Å². The fourth-order valence-electron chi connectivity index (χ4n) is 1.32. The summed E-state index contributed by atoms with van der Waals surface area (Å²) in [6.45, 7) is 1.58. The van der Waals surface area contributed by atoms with Crippen LogP contribution in [0.1, 0.15) is 24.7 Å². The second-order valence-corrected chi connectivity index (χ2v) is 3.40. The molecule has 0 saturated carbocycles. The Morgan fingerprint density at radius 2 is 2.26 bits per heavy atom. The topological polar surface area (TPSA) is 103 Å². The number of carbonyl (C=O) groups is 1. The van der Waals surface area contributed by atoms with Gasteiger partial charge in [-0.3, -0.25) is 14.9 Å². The molecule has 0 aliphatic rings. The second kappa shape index (κ2) is 6.03. The molecule has 1 aromatic heterocycles. The lowest BCUT2D eigenvalue weighted by molar-refractivity contribution is -0.386. The number of hydrogen-bond donors (Lipinski definition) is 1. The zero-order valence-electron chi connectivity index (χ0n) is 9.80. The molecule has 0 bridgehead atoms. The maximum absolute atomic E-state index is 12.5. The van der Waals surface area contributed by atoms with E-state index in [-0.39, 0.29) is 6.61 Å². The first-order valence-corrected chi connectivity index (χ1v) is 5.17. The molecule has 0 aliphatic carbocycles. The summed E-state index contributed by atoms with van der Waals surface area (Å²) in [5, 5.41) is 20.1. The summed E-state index contributed by atoms with van der Waals surface area (Å²) in [5.74, 6) is -1.74. The third kappa shape index (κ3) is 3.57. The van der Waals surface area contributed by atoms with E-state index in [1.54, 1.807) is 0 Å². The maximum Gasteiger partial charge on any atom is 0.314 e. The molecule has 104 valence electrons. The number of rotatable bonds is 5. The highest BCUT2D eigenvalue weighted by Crippen LogP contribution is 2.32. The number of aromatic hydroxyl groups is 1. The van der Waals surface area contributed by atoms with Gasteiger partial charge in [0.1, 0.15) is 11.4 Å². The van der Waals surface area contributed by atoms with E-state index in [1.807, 2.05) is 0 Å². The molecule has 0 amide bonds. The monoisotopic (exact) mass is 276 g/mol. The minimum Gasteiger partial charge on any atom is -0.501 e. The van der Waals surface area contributed by atoms with Gasteiger partial charge in [0.2, 0.25) is 5.75 Å². The van der Waals surface area contributed by atoms with Crippen LogP contribution in [-0.2, 0) is 16.0 Å². The number of aromatic nitrogens is 1. The third-order valence-electron chi connectivity index (χ3n) is 2.10. The summed E-state index contributed by atoms with van der Waals surface area (Å²) in [6.07, 6.45) is -3.68. The van der Waals surface area contributed by atoms with Gasteiger partial charge in [-0.15, -0.1) is 0 Å². The number of alkyl halides is 2. The third-order valence-corrected chi connectivity index (χ3v) is 2.10. The van der Waals surface area contributed by atoms with E-state index in [9.17, 15) is 28.8 Å². The van der Waals surface area contributed by atoms with E-state index in [0.717, 1.165) is 0 Å². The molecule has 19 heavy (non-hydrogen) atoms. The molecule has 0 saturated heterocycles. The SMILES string of the molecule is CCOC(=O)Cc1nc(C(F)F)cc([N+](=O)[O-])c1O. The summed E-state index contributed by atoms with van der Waals surface area (Å²) in [5.41, 5.74) is -2.32. The quantitative estimate of drug-likeness (QED) is 0.499. The first kappa shape index (κ1) is 14.7. The van der Waals surface area contributed by atoms with Crippen LogP contribution in [-0.4, -0.2) is 27.6 Å². The van der Waals surface area contributed by atoms with Crippen molar-refractivity contribution in [1.82, 2.24) is 4.98 Å². The van der Waals surface area contributed by atoms with Crippen molar-refractivity contribution in [2.45, 2.75) is 19.8 Å². The zero-order chi connectivity index (χ0) is 14.6. The number of halogens is 2. The molecule has 1 N–H and O–H groups in total. The van der Waals surface area contributed by atoms with E-state index >= 15 is 0 Å². The van der Waals surface area contributed by atoms with Crippen molar-refractivity contribution in [2.24, 2.45) is 0 Å². The molecule has 0 spiro atoms. The molecular weight excluding hydrogens is 266 g/mol. The van der Waals surface area contributed by atoms with Crippen molar-refractivity contribution in [1.29, 1.82) is 0 Å². The minimum atomic E-state index is -3.06. The van der Waals surface area contributed by atoms with E-state index < -0.39 is 46.6 Å². The Morgan fingerprint density at radius 1 is 1.63 bits per heavy atom. The van der Waals surface area contributed by atoms with Gasteiger partial charge in [0.15, 0.2) is 0 Å². The van der Waals surface area contributed by atoms with Crippen LogP contribution in [0.15, 0.2) is 6.07 Å². The predicted molar refractivity (Wildman–Crippen MR) is 57.9 cm³/mol. The standard InChI is InChI=1S/C10H10F2N2O5/c1-2-19-8(15)4-5-9(16)7(14(17)18)3-6(13-5)10(11)12/h3,10,16H,2,4H2,1H3. The largest absolute Gasteiger partial charge is 0.501 e. The first-order valence-electron chi connectivity index (χ1n) is 5.17. The van der Waals surface area contributed by atoms with Gasteiger partial charge in [-0.2, -0.15) is 0 Å². The molecular formula is C10H10F2N2O5. The zero-order valence-corrected chi connectivity index (χ0v) is 9.80. The number of pyridine rings is 1. The van der Waals surface area contributed by atoms with Gasteiger partial charge in [0.05, 0.1) is 18.0 Å². The van der Waals surface area contributed by atoms with Crippen molar-refractivity contribution in [3.05, 3.63) is 27.6 Å². The molecule has 1 rings (SSSR count). The Bertz CT molecular complexity index is 507. The van der Waals surface area contributed by atoms with Crippen LogP contribution in [0.25, 0.3) is 0 Å². The minimum absolute atomic E-state index is 0.0518. The van der Waals surface area contributed by atoms with Gasteiger partial charge >= 0.3 is 11.7 Å². The summed E-state index contributed by atoms with van der Waals surface area (Å²) in [7, 11) is 0. The summed E-state index contributed by atoms with van der Waals surface area (Å²) >= 11 is 0. The molecule has 9 heteroatoms. The van der Waals surface area contributed by atoms with Gasteiger partial charge in [0.25, 0.3) is 6.43 Å². The van der Waals surface area contributed by atoms with Crippen molar-refractivity contribution in [2.75, 3.05) is 6.61 Å². The number of hydrogen-bond acceptors (Lipinski definition) is 6. The highest BCUT2D eigenvalue weighted by Gasteiger charge is 2.25. The summed E-state index contributed by atoms with van der Waals surface area (Å²) in [4.78, 5) is 24.1. The summed E-state index contributed by atoms with van der Waals surface area (Å²) in [6, 6.07) is 0.467. The van der Waals surface area contributed by atoms with E-state index in [1.165, 1.54) is 6.92 Å². The smallest absolute Gasteiger partial charge is 0.314 e. The van der Waals surface area contributed by atoms with Crippen LogP contribution in [0.3, 0.4) is 0 Å². The Kier molecular flexibility index (Phi) is 4.67. The fraction of sp³-hybridized carbons (Fsp3) is 0.400. The molecule has 1 aromatic rings. The molecule has 0 unspecified atom stereocenters. The Morgan fingerprint density at radius 3 is 2.74 bits per heavy atom. The van der Waals surface area contributed by atoms with Crippen LogP contribution in [0.5, 0.6) is 5.75 Å². The van der Waals surface area contributed by atoms with Gasteiger partial charge in [-0.25, -0.2) is 13.8 Å². The lowest BCUT2D eigenvalue weighted by atomic mass is 10.2. The van der Waals surface area contributed by atoms with Gasteiger partial charge in [-0.1, -0.05) is 0 Å². The molecule has 0 aromatic carbocycles. The number of carbonyl (C=O) groups excluding carboxylic acids is 1. The van der Waals surface area contributed by atoms with Crippen molar-refractivity contribution in [3.8, 4) is 5.75 Å². The molecule has 7 nitrogen and oxygen atoms in total. The number of nitro groups is 1. The maximum atomic E-state index is 12.5. The van der Waals surface area contributed by atoms with Gasteiger partial charge < -0.3 is 9.84 Å². The lowest BCUT2D eigenvalue weighted by Gasteiger charge is -2.07. The Hall–Kier alpha value is -2.32. The Labute approximate surface area is 106 Å². The van der Waals surface area contributed by atoms with Crippen molar-refractivity contribution in [3.63, 3.8) is 0 Å². The van der Waals surface area contributed by atoms with Crippen LogP contribution >= 0.6 is 0 Å². The van der Waals surface area contributed by atoms with E-state index in [4.69, 9.17) is 0 Å². The lowest BCUT2D eigenvalue weighted by Crippen LogP contribution is -2.10. The van der Waals surface area contributed by atoms with Crippen molar-refractivity contribution < 1.29 is 28.3 Å². The summed E-state index contributed by atoms with van der Waals surface area (Å²) < 4.78 is 29.6. The molecule has 0 radical (unpaired) electrons. The predicted octanol–water partition coefficient (Wildman–Crippen LogP) is 1.74. The van der Waals surface area contributed by atoms with E-state index in [0.29, 0.717) is 6.07 Å².